The third kappa shape index (κ3) is 2.02. The molecule has 2 N–H and O–H groups in total. The van der Waals surface area contributed by atoms with Crippen LogP contribution in [0, 0.1) is 5.41 Å². The molecule has 0 aromatic heterocycles. The normalized spacial score (nSPS) is 28.9. The highest BCUT2D eigenvalue weighted by molar-refractivity contribution is 6.29. The van der Waals surface area contributed by atoms with Crippen LogP contribution in [0.2, 0.25) is 0 Å². The van der Waals surface area contributed by atoms with Crippen molar-refractivity contribution in [2.24, 2.45) is 0 Å². The summed E-state index contributed by atoms with van der Waals surface area (Å²) >= 11 is 5.66. The van der Waals surface area contributed by atoms with Gasteiger partial charge in [0, 0.05) is 19.8 Å². The lowest BCUT2D eigenvalue weighted by Crippen LogP contribution is -2.63. The molecule has 0 spiro atoms. The number of carbonyl (C=O) groups excluding carboxylic acids is 1. The SMILES string of the molecule is C=C(Cl)NC=C1C(=N)N2CCC[C@@]2(CC)C(=O)N1C. The molecule has 5 nitrogen and oxygen atoms in total. The van der Waals surface area contributed by atoms with Crippen LogP contribution >= 0.6 is 11.6 Å². The van der Waals surface area contributed by atoms with Crippen LogP contribution in [0.25, 0.3) is 0 Å². The Kier molecular flexibility index (Phi) is 3.58. The van der Waals surface area contributed by atoms with Crippen LogP contribution < -0.4 is 5.32 Å². The van der Waals surface area contributed by atoms with E-state index in [4.69, 9.17) is 17.0 Å². The maximum atomic E-state index is 12.6. The third-order valence-electron chi connectivity index (χ3n) is 4.02. The molecule has 1 amide bonds. The molecule has 0 bridgehead atoms. The van der Waals surface area contributed by atoms with Gasteiger partial charge in [0.15, 0.2) is 0 Å². The first kappa shape index (κ1) is 13.9. The number of amides is 1. The van der Waals surface area contributed by atoms with Crippen LogP contribution in [-0.2, 0) is 4.79 Å². The summed E-state index contributed by atoms with van der Waals surface area (Å²) < 4.78 is 0. The summed E-state index contributed by atoms with van der Waals surface area (Å²) in [5.41, 5.74) is -0.000922. The first-order chi connectivity index (χ1) is 8.94. The lowest BCUT2D eigenvalue weighted by molar-refractivity contribution is -0.139. The molecular formula is C13H19ClN4O. The van der Waals surface area contributed by atoms with Crippen LogP contribution in [0.15, 0.2) is 23.6 Å². The molecule has 2 rings (SSSR count). The fraction of sp³-hybridized carbons (Fsp3) is 0.538. The zero-order chi connectivity index (χ0) is 14.2. The second-order valence-corrected chi connectivity index (χ2v) is 5.39. The van der Waals surface area contributed by atoms with E-state index in [0.29, 0.717) is 11.5 Å². The lowest BCUT2D eigenvalue weighted by Gasteiger charge is -2.46. The average Bonchev–Trinajstić information content (AvgIpc) is 2.81. The molecule has 0 saturated carbocycles. The van der Waals surface area contributed by atoms with E-state index in [2.05, 4.69) is 11.9 Å². The Balaban J connectivity index is 2.38. The Hall–Kier alpha value is -1.49. The summed E-state index contributed by atoms with van der Waals surface area (Å²) in [4.78, 5) is 16.1. The van der Waals surface area contributed by atoms with Gasteiger partial charge in [-0.05, 0) is 19.3 Å². The number of carbonyl (C=O) groups is 1. The minimum Gasteiger partial charge on any atom is -0.351 e. The largest absolute Gasteiger partial charge is 0.351 e. The summed E-state index contributed by atoms with van der Waals surface area (Å²) in [6, 6.07) is 0. The molecule has 104 valence electrons. The van der Waals surface area contributed by atoms with Gasteiger partial charge in [-0.1, -0.05) is 25.1 Å². The number of nitrogens with one attached hydrogen (secondary N) is 2. The summed E-state index contributed by atoms with van der Waals surface area (Å²) in [5.74, 6) is 0.420. The van der Waals surface area contributed by atoms with Gasteiger partial charge in [-0.25, -0.2) is 0 Å². The minimum atomic E-state index is -0.527. The van der Waals surface area contributed by atoms with Gasteiger partial charge < -0.3 is 15.1 Å². The molecule has 0 aromatic rings. The number of amidine groups is 1. The molecular weight excluding hydrogens is 264 g/mol. The Morgan fingerprint density at radius 1 is 1.68 bits per heavy atom. The molecule has 0 radical (unpaired) electrons. The van der Waals surface area contributed by atoms with Gasteiger partial charge in [0.1, 0.15) is 17.1 Å². The zero-order valence-corrected chi connectivity index (χ0v) is 12.0. The quantitative estimate of drug-likeness (QED) is 0.777. The smallest absolute Gasteiger partial charge is 0.252 e. The molecule has 19 heavy (non-hydrogen) atoms. The molecule has 6 heteroatoms. The minimum absolute atomic E-state index is 0.0525. The molecule has 0 unspecified atom stereocenters. The Morgan fingerprint density at radius 3 is 2.95 bits per heavy atom. The molecule has 2 fully saturated rings. The van der Waals surface area contributed by atoms with Crippen LogP contribution in [0.1, 0.15) is 26.2 Å². The predicted octanol–water partition coefficient (Wildman–Crippen LogP) is 1.82. The molecule has 1 atom stereocenters. The van der Waals surface area contributed by atoms with Crippen molar-refractivity contribution in [3.63, 3.8) is 0 Å². The summed E-state index contributed by atoms with van der Waals surface area (Å²) in [5, 5.41) is 11.3. The van der Waals surface area contributed by atoms with Gasteiger partial charge in [0.05, 0.1) is 5.16 Å². The zero-order valence-electron chi connectivity index (χ0n) is 11.3. The molecule has 0 aliphatic carbocycles. The van der Waals surface area contributed by atoms with E-state index in [-0.39, 0.29) is 11.1 Å². The van der Waals surface area contributed by atoms with Crippen molar-refractivity contribution in [3.05, 3.63) is 23.6 Å². The van der Waals surface area contributed by atoms with Gasteiger partial charge in [0.2, 0.25) is 0 Å². The average molecular weight is 283 g/mol. The van der Waals surface area contributed by atoms with Crippen molar-refractivity contribution in [2.45, 2.75) is 31.7 Å². The number of piperazine rings is 1. The van der Waals surface area contributed by atoms with Crippen molar-refractivity contribution in [1.29, 1.82) is 5.41 Å². The highest BCUT2D eigenvalue weighted by Crippen LogP contribution is 2.39. The standard InChI is InChI=1S/C13H19ClN4O/c1-4-13-6-5-7-18(13)11(15)10(8-16-9(2)14)17(3)12(13)19/h8,15-16H,2,4-7H2,1,3H3/t13-/m0/s1. The number of rotatable bonds is 3. The van der Waals surface area contributed by atoms with E-state index in [1.165, 1.54) is 0 Å². The number of halogens is 1. The fourth-order valence-electron chi connectivity index (χ4n) is 2.98. The second-order valence-electron chi connectivity index (χ2n) is 4.93. The highest BCUT2D eigenvalue weighted by atomic mass is 35.5. The number of likely N-dealkylation sites (N-methyl/N-ethyl adjacent to an activating group) is 1. The highest BCUT2D eigenvalue weighted by Gasteiger charge is 2.53. The molecule has 2 aliphatic heterocycles. The monoisotopic (exact) mass is 282 g/mol. The van der Waals surface area contributed by atoms with E-state index in [0.717, 1.165) is 25.8 Å². The first-order valence-corrected chi connectivity index (χ1v) is 6.77. The van der Waals surface area contributed by atoms with Gasteiger partial charge in [0.25, 0.3) is 5.91 Å². The Bertz CT molecular complexity index is 473. The van der Waals surface area contributed by atoms with E-state index < -0.39 is 5.54 Å². The summed E-state index contributed by atoms with van der Waals surface area (Å²) in [7, 11) is 1.70. The fourth-order valence-corrected chi connectivity index (χ4v) is 3.03. The van der Waals surface area contributed by atoms with Crippen LogP contribution in [0.5, 0.6) is 0 Å². The van der Waals surface area contributed by atoms with Crippen molar-refractivity contribution >= 4 is 23.3 Å². The Morgan fingerprint density at radius 2 is 2.37 bits per heavy atom. The number of nitrogens with zero attached hydrogens (tertiary/aromatic N) is 2. The molecule has 2 aliphatic rings. The van der Waals surface area contributed by atoms with Gasteiger partial charge in [-0.2, -0.15) is 0 Å². The van der Waals surface area contributed by atoms with Crippen molar-refractivity contribution in [1.82, 2.24) is 15.1 Å². The lowest BCUT2D eigenvalue weighted by atomic mass is 9.88. The number of fused-ring (bicyclic) bond motifs is 1. The summed E-state index contributed by atoms with van der Waals surface area (Å²) in [6.07, 6.45) is 4.05. The number of hydrogen-bond acceptors (Lipinski definition) is 3. The van der Waals surface area contributed by atoms with E-state index in [1.807, 2.05) is 11.8 Å². The second kappa shape index (κ2) is 4.89. The van der Waals surface area contributed by atoms with Gasteiger partial charge >= 0.3 is 0 Å². The number of hydrogen-bond donors (Lipinski definition) is 2. The van der Waals surface area contributed by atoms with E-state index in [1.54, 1.807) is 18.1 Å². The van der Waals surface area contributed by atoms with Gasteiger partial charge in [-0.3, -0.25) is 10.2 Å². The maximum absolute atomic E-state index is 12.6. The van der Waals surface area contributed by atoms with Crippen LogP contribution in [0.3, 0.4) is 0 Å². The van der Waals surface area contributed by atoms with Crippen molar-refractivity contribution < 1.29 is 4.79 Å². The molecule has 2 saturated heterocycles. The Labute approximate surface area is 118 Å². The molecule has 0 aromatic carbocycles. The van der Waals surface area contributed by atoms with Gasteiger partial charge in [-0.15, -0.1) is 0 Å². The van der Waals surface area contributed by atoms with E-state index in [9.17, 15) is 4.79 Å². The third-order valence-corrected chi connectivity index (χ3v) is 4.12. The van der Waals surface area contributed by atoms with Crippen LogP contribution in [0.4, 0.5) is 0 Å². The topological polar surface area (TPSA) is 59.4 Å². The molecule has 2 heterocycles. The van der Waals surface area contributed by atoms with Crippen molar-refractivity contribution in [3.8, 4) is 0 Å². The first-order valence-electron chi connectivity index (χ1n) is 6.40. The van der Waals surface area contributed by atoms with E-state index >= 15 is 0 Å². The van der Waals surface area contributed by atoms with Crippen LogP contribution in [-0.4, -0.2) is 40.7 Å². The van der Waals surface area contributed by atoms with Crippen molar-refractivity contribution in [2.75, 3.05) is 13.6 Å². The summed E-state index contributed by atoms with van der Waals surface area (Å²) in [6.45, 7) is 6.29. The predicted molar refractivity (Wildman–Crippen MR) is 75.7 cm³/mol. The maximum Gasteiger partial charge on any atom is 0.252 e.